The first-order chi connectivity index (χ1) is 16.1. The zero-order valence-corrected chi connectivity index (χ0v) is 18.9. The molecule has 33 heavy (non-hydrogen) atoms. The Morgan fingerprint density at radius 2 is 1.76 bits per heavy atom. The Balaban J connectivity index is 1.42. The monoisotopic (exact) mass is 463 g/mol. The van der Waals surface area contributed by atoms with Crippen LogP contribution in [0.3, 0.4) is 0 Å². The SMILES string of the molecule is CC(Nc1c(Cl)cnc2ccccc12)c1cc(-c2cnc(N3CCOCC3)nc2)ccc1F. The van der Waals surface area contributed by atoms with E-state index in [4.69, 9.17) is 16.3 Å². The molecule has 0 aliphatic carbocycles. The summed E-state index contributed by atoms with van der Waals surface area (Å²) in [6, 6.07) is 12.4. The van der Waals surface area contributed by atoms with Crippen LogP contribution < -0.4 is 10.2 Å². The predicted octanol–water partition coefficient (Wildman–Crippen LogP) is 5.49. The summed E-state index contributed by atoms with van der Waals surface area (Å²) in [7, 11) is 0. The van der Waals surface area contributed by atoms with E-state index in [-0.39, 0.29) is 11.9 Å². The molecule has 1 aliphatic heterocycles. The maximum absolute atomic E-state index is 14.8. The van der Waals surface area contributed by atoms with Crippen LogP contribution in [0.5, 0.6) is 0 Å². The smallest absolute Gasteiger partial charge is 0.225 e. The molecule has 2 aromatic carbocycles. The van der Waals surface area contributed by atoms with Crippen LogP contribution in [0.4, 0.5) is 16.0 Å². The summed E-state index contributed by atoms with van der Waals surface area (Å²) in [5.41, 5.74) is 3.76. The lowest BCUT2D eigenvalue weighted by Gasteiger charge is -2.26. The highest BCUT2D eigenvalue weighted by atomic mass is 35.5. The maximum Gasteiger partial charge on any atom is 0.225 e. The van der Waals surface area contributed by atoms with Crippen molar-refractivity contribution in [2.45, 2.75) is 13.0 Å². The van der Waals surface area contributed by atoms with Crippen LogP contribution in [0.1, 0.15) is 18.5 Å². The Morgan fingerprint density at radius 1 is 1.00 bits per heavy atom. The van der Waals surface area contributed by atoms with Crippen molar-refractivity contribution >= 4 is 34.1 Å². The Labute approximate surface area is 196 Å². The number of fused-ring (bicyclic) bond motifs is 1. The molecule has 1 atom stereocenters. The van der Waals surface area contributed by atoms with Gasteiger partial charge in [0.25, 0.3) is 0 Å². The van der Waals surface area contributed by atoms with Gasteiger partial charge in [-0.05, 0) is 30.7 Å². The van der Waals surface area contributed by atoms with Gasteiger partial charge in [-0.3, -0.25) is 4.98 Å². The molecule has 3 heterocycles. The number of aromatic nitrogens is 3. The minimum absolute atomic E-state index is 0.293. The van der Waals surface area contributed by atoms with Crippen LogP contribution in [0.15, 0.2) is 61.1 Å². The molecular weight excluding hydrogens is 441 g/mol. The van der Waals surface area contributed by atoms with Gasteiger partial charge in [0, 0.05) is 48.2 Å². The Hall–Kier alpha value is -3.29. The zero-order valence-electron chi connectivity index (χ0n) is 18.1. The van der Waals surface area contributed by atoms with E-state index in [1.165, 1.54) is 6.07 Å². The lowest BCUT2D eigenvalue weighted by Crippen LogP contribution is -2.37. The summed E-state index contributed by atoms with van der Waals surface area (Å²) >= 11 is 6.43. The van der Waals surface area contributed by atoms with Crippen LogP contribution in [0, 0.1) is 5.82 Å². The average Bonchev–Trinajstić information content (AvgIpc) is 2.86. The maximum atomic E-state index is 14.8. The third-order valence-electron chi connectivity index (χ3n) is 5.82. The first-order valence-corrected chi connectivity index (χ1v) is 11.2. The van der Waals surface area contributed by atoms with Crippen molar-refractivity contribution in [3.05, 3.63) is 77.5 Å². The molecule has 0 amide bonds. The van der Waals surface area contributed by atoms with Gasteiger partial charge in [0.2, 0.25) is 5.95 Å². The number of ether oxygens (including phenoxy) is 1. The van der Waals surface area contributed by atoms with Gasteiger partial charge in [0.15, 0.2) is 0 Å². The number of pyridine rings is 1. The molecule has 0 saturated carbocycles. The summed E-state index contributed by atoms with van der Waals surface area (Å²) < 4.78 is 20.2. The first-order valence-electron chi connectivity index (χ1n) is 10.8. The number of rotatable bonds is 5. The zero-order chi connectivity index (χ0) is 22.8. The predicted molar refractivity (Wildman–Crippen MR) is 129 cm³/mol. The van der Waals surface area contributed by atoms with Crippen molar-refractivity contribution in [2.75, 3.05) is 36.5 Å². The molecule has 1 saturated heterocycles. The molecular formula is C25H23ClFN5O. The number of hydrogen-bond donors (Lipinski definition) is 1. The quantitative estimate of drug-likeness (QED) is 0.422. The summed E-state index contributed by atoms with van der Waals surface area (Å²) in [6.07, 6.45) is 5.17. The van der Waals surface area contributed by atoms with E-state index in [1.54, 1.807) is 24.7 Å². The van der Waals surface area contributed by atoms with Gasteiger partial charge in [-0.2, -0.15) is 0 Å². The molecule has 1 unspecified atom stereocenters. The van der Waals surface area contributed by atoms with Crippen molar-refractivity contribution in [3.8, 4) is 11.1 Å². The minimum Gasteiger partial charge on any atom is -0.378 e. The van der Waals surface area contributed by atoms with Crippen molar-refractivity contribution in [1.29, 1.82) is 0 Å². The number of hydrogen-bond acceptors (Lipinski definition) is 6. The van der Waals surface area contributed by atoms with Gasteiger partial charge in [0.1, 0.15) is 5.82 Å². The second-order valence-corrected chi connectivity index (χ2v) is 8.38. The van der Waals surface area contributed by atoms with Gasteiger partial charge >= 0.3 is 0 Å². The molecule has 6 nitrogen and oxygen atoms in total. The molecule has 0 radical (unpaired) electrons. The highest BCUT2D eigenvalue weighted by Gasteiger charge is 2.17. The number of nitrogens with one attached hydrogen (secondary N) is 1. The third-order valence-corrected chi connectivity index (χ3v) is 6.10. The van der Waals surface area contributed by atoms with Crippen molar-refractivity contribution in [1.82, 2.24) is 15.0 Å². The van der Waals surface area contributed by atoms with Gasteiger partial charge in [-0.15, -0.1) is 0 Å². The van der Waals surface area contributed by atoms with Crippen molar-refractivity contribution in [3.63, 3.8) is 0 Å². The van der Waals surface area contributed by atoms with Crippen molar-refractivity contribution in [2.24, 2.45) is 0 Å². The molecule has 4 aromatic rings. The largest absolute Gasteiger partial charge is 0.378 e. The van der Waals surface area contributed by atoms with Crippen molar-refractivity contribution < 1.29 is 9.13 Å². The first kappa shape index (κ1) is 21.6. The van der Waals surface area contributed by atoms with Crippen LogP contribution in [-0.2, 0) is 4.74 Å². The normalized spacial score (nSPS) is 14.9. The number of nitrogens with zero attached hydrogens (tertiary/aromatic N) is 4. The number of halogens is 2. The van der Waals surface area contributed by atoms with E-state index in [2.05, 4.69) is 25.2 Å². The van der Waals surface area contributed by atoms with E-state index in [0.29, 0.717) is 29.7 Å². The fourth-order valence-electron chi connectivity index (χ4n) is 4.01. The average molecular weight is 464 g/mol. The third kappa shape index (κ3) is 4.47. The molecule has 5 rings (SSSR count). The molecule has 8 heteroatoms. The molecule has 0 bridgehead atoms. The summed E-state index contributed by atoms with van der Waals surface area (Å²) in [5.74, 6) is 0.387. The standard InChI is InChI=1S/C25H23ClFN5O/c1-16(31-24-19-4-2-3-5-23(19)28-15-21(24)26)20-12-17(6-7-22(20)27)18-13-29-25(30-14-18)32-8-10-33-11-9-32/h2-7,12-16H,8-11H2,1H3,(H,28,31). The highest BCUT2D eigenvalue weighted by Crippen LogP contribution is 2.34. The summed E-state index contributed by atoms with van der Waals surface area (Å²) in [5, 5.41) is 4.76. The van der Waals surface area contributed by atoms with Gasteiger partial charge in [0.05, 0.1) is 35.5 Å². The van der Waals surface area contributed by atoms with Crippen LogP contribution in [0.2, 0.25) is 5.02 Å². The van der Waals surface area contributed by atoms with E-state index in [9.17, 15) is 4.39 Å². The lowest BCUT2D eigenvalue weighted by molar-refractivity contribution is 0.122. The molecule has 168 valence electrons. The van der Waals surface area contributed by atoms with E-state index in [0.717, 1.165) is 40.8 Å². The Bertz CT molecular complexity index is 1280. The van der Waals surface area contributed by atoms with Crippen LogP contribution >= 0.6 is 11.6 Å². The summed E-state index contributed by atoms with van der Waals surface area (Å²) in [6.45, 7) is 4.80. The molecule has 1 aliphatic rings. The number of benzene rings is 2. The second-order valence-electron chi connectivity index (χ2n) is 7.97. The molecule has 2 aromatic heterocycles. The summed E-state index contributed by atoms with van der Waals surface area (Å²) in [4.78, 5) is 15.5. The Kier molecular flexibility index (Phi) is 6.07. The highest BCUT2D eigenvalue weighted by molar-refractivity contribution is 6.34. The molecule has 1 N–H and O–H groups in total. The fraction of sp³-hybridized carbons (Fsp3) is 0.240. The molecule has 1 fully saturated rings. The minimum atomic E-state index is -0.332. The topological polar surface area (TPSA) is 63.2 Å². The number of morpholine rings is 1. The van der Waals surface area contributed by atoms with Gasteiger partial charge in [-0.25, -0.2) is 14.4 Å². The van der Waals surface area contributed by atoms with Crippen LogP contribution in [0.25, 0.3) is 22.0 Å². The Morgan fingerprint density at radius 3 is 2.55 bits per heavy atom. The number of anilines is 2. The van der Waals surface area contributed by atoms with E-state index in [1.807, 2.05) is 37.3 Å². The fourth-order valence-corrected chi connectivity index (χ4v) is 4.22. The van der Waals surface area contributed by atoms with Gasteiger partial charge < -0.3 is 15.0 Å². The van der Waals surface area contributed by atoms with E-state index < -0.39 is 0 Å². The van der Waals surface area contributed by atoms with Gasteiger partial charge in [-0.1, -0.05) is 35.9 Å². The van der Waals surface area contributed by atoms with Crippen LogP contribution in [-0.4, -0.2) is 41.3 Å². The second kappa shape index (κ2) is 9.29. The lowest BCUT2D eigenvalue weighted by atomic mass is 10.0. The molecule has 0 spiro atoms. The number of para-hydroxylation sites is 1. The van der Waals surface area contributed by atoms with E-state index >= 15 is 0 Å².